The molecule has 1 aliphatic rings. The third-order valence-electron chi connectivity index (χ3n) is 4.21. The zero-order valence-corrected chi connectivity index (χ0v) is 15.1. The fraction of sp³-hybridized carbons (Fsp3) is 0.500. The van der Waals surface area contributed by atoms with Gasteiger partial charge in [0.15, 0.2) is 0 Å². The molecule has 0 spiro atoms. The van der Waals surface area contributed by atoms with Crippen LogP contribution in [0.1, 0.15) is 35.6 Å². The van der Waals surface area contributed by atoms with Crippen molar-refractivity contribution < 1.29 is 9.53 Å². The van der Waals surface area contributed by atoms with Crippen LogP contribution in [0.2, 0.25) is 0 Å². The van der Waals surface area contributed by atoms with E-state index in [9.17, 15) is 4.79 Å². The lowest BCUT2D eigenvalue weighted by molar-refractivity contribution is -0.0249. The number of morpholine rings is 1. The largest absolute Gasteiger partial charge is 0.368 e. The van der Waals surface area contributed by atoms with E-state index in [1.807, 2.05) is 48.1 Å². The number of anilines is 1. The van der Waals surface area contributed by atoms with Crippen LogP contribution in [0.25, 0.3) is 0 Å². The fourth-order valence-corrected chi connectivity index (χ4v) is 2.87. The number of ether oxygens (including phenoxy) is 1. The van der Waals surface area contributed by atoms with E-state index in [1.54, 1.807) is 11.0 Å². The van der Waals surface area contributed by atoms with E-state index < -0.39 is 0 Å². The average Bonchev–Trinajstić information content (AvgIpc) is 3.10. The number of aromatic nitrogens is 3. The van der Waals surface area contributed by atoms with Gasteiger partial charge in [-0.15, -0.1) is 0 Å². The van der Waals surface area contributed by atoms with Crippen molar-refractivity contribution in [1.82, 2.24) is 19.7 Å². The van der Waals surface area contributed by atoms with Crippen LogP contribution in [0.5, 0.6) is 0 Å². The normalized spacial score (nSPS) is 17.6. The minimum absolute atomic E-state index is 0.0492. The van der Waals surface area contributed by atoms with E-state index in [1.165, 1.54) is 0 Å². The number of pyridine rings is 1. The first-order valence-electron chi connectivity index (χ1n) is 8.67. The van der Waals surface area contributed by atoms with Gasteiger partial charge in [-0.05, 0) is 24.6 Å². The molecule has 1 fully saturated rings. The maximum absolute atomic E-state index is 12.7. The lowest BCUT2D eigenvalue weighted by Crippen LogP contribution is -2.42. The third-order valence-corrected chi connectivity index (χ3v) is 4.21. The highest BCUT2D eigenvalue weighted by Crippen LogP contribution is 2.23. The Balaban J connectivity index is 1.72. The van der Waals surface area contributed by atoms with Gasteiger partial charge in [0.1, 0.15) is 17.6 Å². The molecular formula is C18H25N5O2. The highest BCUT2D eigenvalue weighted by molar-refractivity contribution is 5.92. The zero-order valence-electron chi connectivity index (χ0n) is 15.1. The van der Waals surface area contributed by atoms with Gasteiger partial charge < -0.3 is 14.5 Å². The first-order chi connectivity index (χ1) is 12.1. The van der Waals surface area contributed by atoms with Crippen molar-refractivity contribution in [1.29, 1.82) is 0 Å². The number of amides is 1. The second kappa shape index (κ2) is 7.65. The molecule has 2 aromatic rings. The third kappa shape index (κ3) is 3.99. The van der Waals surface area contributed by atoms with E-state index in [2.05, 4.69) is 17.0 Å². The molecule has 0 aromatic carbocycles. The van der Waals surface area contributed by atoms with Crippen LogP contribution in [-0.2, 0) is 11.3 Å². The van der Waals surface area contributed by atoms with Crippen LogP contribution in [0.3, 0.4) is 0 Å². The molecule has 7 heteroatoms. The highest BCUT2D eigenvalue weighted by atomic mass is 16.5. The average molecular weight is 343 g/mol. The van der Waals surface area contributed by atoms with Crippen molar-refractivity contribution in [2.24, 2.45) is 0 Å². The van der Waals surface area contributed by atoms with Crippen molar-refractivity contribution in [3.05, 3.63) is 41.9 Å². The summed E-state index contributed by atoms with van der Waals surface area (Å²) in [7, 11) is 3.91. The Morgan fingerprint density at radius 2 is 2.20 bits per heavy atom. The monoisotopic (exact) mass is 343 g/mol. The molecule has 1 unspecified atom stereocenters. The minimum Gasteiger partial charge on any atom is -0.368 e. The molecule has 0 N–H and O–H groups in total. The predicted octanol–water partition coefficient (Wildman–Crippen LogP) is 1.97. The van der Waals surface area contributed by atoms with Crippen molar-refractivity contribution >= 4 is 11.7 Å². The van der Waals surface area contributed by atoms with E-state index in [-0.39, 0.29) is 12.0 Å². The molecule has 3 heterocycles. The summed E-state index contributed by atoms with van der Waals surface area (Å²) in [5, 5.41) is 4.37. The molecule has 0 radical (unpaired) electrons. The lowest BCUT2D eigenvalue weighted by atomic mass is 10.1. The highest BCUT2D eigenvalue weighted by Gasteiger charge is 2.28. The molecule has 134 valence electrons. The molecule has 25 heavy (non-hydrogen) atoms. The number of hydrogen-bond donors (Lipinski definition) is 0. The van der Waals surface area contributed by atoms with Gasteiger partial charge in [0.2, 0.25) is 0 Å². The van der Waals surface area contributed by atoms with Gasteiger partial charge in [0, 0.05) is 33.4 Å². The zero-order chi connectivity index (χ0) is 17.8. The molecule has 3 rings (SSSR count). The Kier molecular flexibility index (Phi) is 5.33. The van der Waals surface area contributed by atoms with Crippen LogP contribution in [0.15, 0.2) is 30.5 Å². The number of hydrogen-bond acceptors (Lipinski definition) is 5. The lowest BCUT2D eigenvalue weighted by Gasteiger charge is -2.32. The first-order valence-corrected chi connectivity index (χ1v) is 8.67. The number of rotatable bonds is 5. The summed E-state index contributed by atoms with van der Waals surface area (Å²) in [5.41, 5.74) is 1.34. The smallest absolute Gasteiger partial charge is 0.274 e. The quantitative estimate of drug-likeness (QED) is 0.830. The number of carbonyl (C=O) groups is 1. The van der Waals surface area contributed by atoms with Crippen molar-refractivity contribution in [2.45, 2.75) is 26.0 Å². The maximum atomic E-state index is 12.7. The summed E-state index contributed by atoms with van der Waals surface area (Å²) in [6.45, 7) is 4.47. The summed E-state index contributed by atoms with van der Waals surface area (Å²) < 4.78 is 7.67. The van der Waals surface area contributed by atoms with Crippen LogP contribution >= 0.6 is 0 Å². The molecule has 2 aromatic heterocycles. The molecule has 0 saturated carbocycles. The predicted molar refractivity (Wildman–Crippen MR) is 95.7 cm³/mol. The van der Waals surface area contributed by atoms with E-state index >= 15 is 0 Å². The Hall–Kier alpha value is -2.41. The van der Waals surface area contributed by atoms with Crippen molar-refractivity contribution in [3.8, 4) is 0 Å². The van der Waals surface area contributed by atoms with E-state index in [0.29, 0.717) is 25.4 Å². The Morgan fingerprint density at radius 3 is 2.96 bits per heavy atom. The molecule has 7 nitrogen and oxygen atoms in total. The second-order valence-electron chi connectivity index (χ2n) is 6.39. The molecule has 0 bridgehead atoms. The standard InChI is InChI=1S/C18H25N5O2/c1-4-9-23-10-8-15(20-23)18(24)22-11-12-25-16(13-22)14-6-5-7-17(19-14)21(2)3/h5-8,10,16H,4,9,11-13H2,1-3H3. The molecule has 1 atom stereocenters. The fourth-order valence-electron chi connectivity index (χ4n) is 2.87. The summed E-state index contributed by atoms with van der Waals surface area (Å²) >= 11 is 0. The van der Waals surface area contributed by atoms with Gasteiger partial charge >= 0.3 is 0 Å². The van der Waals surface area contributed by atoms with Gasteiger partial charge in [0.05, 0.1) is 18.8 Å². The van der Waals surface area contributed by atoms with Gasteiger partial charge in [-0.25, -0.2) is 4.98 Å². The number of aryl methyl sites for hydroxylation is 1. The van der Waals surface area contributed by atoms with Crippen LogP contribution in [-0.4, -0.2) is 59.4 Å². The summed E-state index contributed by atoms with van der Waals surface area (Å²) in [5.74, 6) is 0.828. The van der Waals surface area contributed by atoms with Crippen LogP contribution < -0.4 is 4.90 Å². The Labute approximate surface area is 148 Å². The first kappa shape index (κ1) is 17.4. The van der Waals surface area contributed by atoms with Crippen molar-refractivity contribution in [2.75, 3.05) is 38.7 Å². The minimum atomic E-state index is -0.213. The van der Waals surface area contributed by atoms with Crippen LogP contribution in [0.4, 0.5) is 5.82 Å². The Morgan fingerprint density at radius 1 is 1.36 bits per heavy atom. The van der Waals surface area contributed by atoms with Gasteiger partial charge in [-0.2, -0.15) is 5.10 Å². The molecule has 0 aliphatic carbocycles. The summed E-state index contributed by atoms with van der Waals surface area (Å²) in [6, 6.07) is 7.65. The van der Waals surface area contributed by atoms with E-state index in [0.717, 1.165) is 24.5 Å². The maximum Gasteiger partial charge on any atom is 0.274 e. The van der Waals surface area contributed by atoms with Gasteiger partial charge in [-0.3, -0.25) is 9.48 Å². The second-order valence-corrected chi connectivity index (χ2v) is 6.39. The van der Waals surface area contributed by atoms with Crippen LogP contribution in [0, 0.1) is 0 Å². The Bertz CT molecular complexity index is 728. The number of carbonyl (C=O) groups excluding carboxylic acids is 1. The SMILES string of the molecule is CCCn1ccc(C(=O)N2CCOC(c3cccc(N(C)C)n3)C2)n1. The summed E-state index contributed by atoms with van der Waals surface area (Å²) in [4.78, 5) is 21.1. The molecule has 1 aliphatic heterocycles. The van der Waals surface area contributed by atoms with Crippen molar-refractivity contribution in [3.63, 3.8) is 0 Å². The molecular weight excluding hydrogens is 318 g/mol. The number of nitrogens with zero attached hydrogens (tertiary/aromatic N) is 5. The van der Waals surface area contributed by atoms with Gasteiger partial charge in [-0.1, -0.05) is 13.0 Å². The van der Waals surface area contributed by atoms with Gasteiger partial charge in [0.25, 0.3) is 5.91 Å². The molecule has 1 amide bonds. The molecule has 1 saturated heterocycles. The summed E-state index contributed by atoms with van der Waals surface area (Å²) in [6.07, 6.45) is 2.63. The topological polar surface area (TPSA) is 63.5 Å². The van der Waals surface area contributed by atoms with E-state index in [4.69, 9.17) is 4.74 Å².